The minimum Gasteiger partial charge on any atom is -0.496 e. The molecule has 1 aromatic carbocycles. The van der Waals surface area contributed by atoms with Crippen molar-refractivity contribution >= 4 is 5.97 Å². The summed E-state index contributed by atoms with van der Waals surface area (Å²) in [6, 6.07) is 6.06. The van der Waals surface area contributed by atoms with Gasteiger partial charge in [-0.25, -0.2) is 0 Å². The number of benzene rings is 1. The average Bonchev–Trinajstić information content (AvgIpc) is 2.69. The summed E-state index contributed by atoms with van der Waals surface area (Å²) in [5, 5.41) is 11.7. The predicted molar refractivity (Wildman–Crippen MR) is 59.7 cm³/mol. The predicted octanol–water partition coefficient (Wildman–Crippen LogP) is 1.36. The standard InChI is InChI=1S/C12H15NO3/c1-16-11-4-2-3-8-9(11)5-6-10(8)13-7-12(14)15/h2-4,10,13H,5-7H2,1H3,(H,14,15). The minimum absolute atomic E-state index is 0.00131. The molecule has 0 bridgehead atoms. The lowest BCUT2D eigenvalue weighted by atomic mass is 10.1. The van der Waals surface area contributed by atoms with E-state index in [1.807, 2.05) is 18.2 Å². The van der Waals surface area contributed by atoms with E-state index in [1.165, 1.54) is 11.1 Å². The third-order valence-corrected chi connectivity index (χ3v) is 2.95. The molecule has 16 heavy (non-hydrogen) atoms. The Morgan fingerprint density at radius 3 is 3.12 bits per heavy atom. The van der Waals surface area contributed by atoms with Crippen LogP contribution in [0.3, 0.4) is 0 Å². The van der Waals surface area contributed by atoms with Gasteiger partial charge < -0.3 is 15.2 Å². The molecular weight excluding hydrogens is 206 g/mol. The molecule has 86 valence electrons. The van der Waals surface area contributed by atoms with Gasteiger partial charge in [0, 0.05) is 6.04 Å². The summed E-state index contributed by atoms with van der Waals surface area (Å²) >= 11 is 0. The Hall–Kier alpha value is -1.55. The number of nitrogens with one attached hydrogen (secondary N) is 1. The van der Waals surface area contributed by atoms with E-state index in [9.17, 15) is 4.79 Å². The van der Waals surface area contributed by atoms with Gasteiger partial charge in [-0.3, -0.25) is 4.79 Å². The smallest absolute Gasteiger partial charge is 0.317 e. The van der Waals surface area contributed by atoms with Crippen LogP contribution in [0.15, 0.2) is 18.2 Å². The van der Waals surface area contributed by atoms with Gasteiger partial charge in [-0.1, -0.05) is 12.1 Å². The van der Waals surface area contributed by atoms with E-state index in [-0.39, 0.29) is 12.6 Å². The largest absolute Gasteiger partial charge is 0.496 e. The Kier molecular flexibility index (Phi) is 3.10. The average molecular weight is 221 g/mol. The summed E-state index contributed by atoms with van der Waals surface area (Å²) in [5.41, 5.74) is 2.37. The van der Waals surface area contributed by atoms with E-state index in [4.69, 9.17) is 9.84 Å². The first-order chi connectivity index (χ1) is 7.72. The van der Waals surface area contributed by atoms with Crippen molar-refractivity contribution in [1.82, 2.24) is 5.32 Å². The highest BCUT2D eigenvalue weighted by Crippen LogP contribution is 2.36. The monoisotopic (exact) mass is 221 g/mol. The lowest BCUT2D eigenvalue weighted by molar-refractivity contribution is -0.136. The Morgan fingerprint density at radius 2 is 2.44 bits per heavy atom. The summed E-state index contributed by atoms with van der Waals surface area (Å²) in [6.45, 7) is 0.00131. The summed E-state index contributed by atoms with van der Waals surface area (Å²) in [4.78, 5) is 10.5. The molecule has 1 aliphatic rings. The van der Waals surface area contributed by atoms with Crippen molar-refractivity contribution in [2.75, 3.05) is 13.7 Å². The number of aliphatic carboxylic acids is 1. The zero-order valence-corrected chi connectivity index (χ0v) is 9.19. The number of hydrogen-bond acceptors (Lipinski definition) is 3. The normalized spacial score (nSPS) is 18.2. The maximum absolute atomic E-state index is 10.5. The van der Waals surface area contributed by atoms with Gasteiger partial charge >= 0.3 is 5.97 Å². The molecule has 1 atom stereocenters. The molecular formula is C12H15NO3. The van der Waals surface area contributed by atoms with Crippen molar-refractivity contribution in [1.29, 1.82) is 0 Å². The van der Waals surface area contributed by atoms with Crippen LogP contribution < -0.4 is 10.1 Å². The quantitative estimate of drug-likeness (QED) is 0.806. The highest BCUT2D eigenvalue weighted by Gasteiger charge is 2.24. The van der Waals surface area contributed by atoms with Crippen LogP contribution in [0.1, 0.15) is 23.6 Å². The van der Waals surface area contributed by atoms with E-state index < -0.39 is 5.97 Å². The van der Waals surface area contributed by atoms with Crippen molar-refractivity contribution in [3.8, 4) is 5.75 Å². The molecule has 1 unspecified atom stereocenters. The number of ether oxygens (including phenoxy) is 1. The van der Waals surface area contributed by atoms with Gasteiger partial charge in [0.2, 0.25) is 0 Å². The Labute approximate surface area is 94.2 Å². The van der Waals surface area contributed by atoms with Crippen molar-refractivity contribution in [2.24, 2.45) is 0 Å². The van der Waals surface area contributed by atoms with Crippen LogP contribution in [0.25, 0.3) is 0 Å². The maximum atomic E-state index is 10.5. The molecule has 0 heterocycles. The van der Waals surface area contributed by atoms with Gasteiger partial charge in [0.15, 0.2) is 0 Å². The highest BCUT2D eigenvalue weighted by atomic mass is 16.5. The van der Waals surface area contributed by atoms with Gasteiger partial charge in [0.05, 0.1) is 13.7 Å². The van der Waals surface area contributed by atoms with E-state index in [2.05, 4.69) is 5.32 Å². The fourth-order valence-electron chi connectivity index (χ4n) is 2.23. The Balaban J connectivity index is 2.16. The molecule has 4 heteroatoms. The Bertz CT molecular complexity index is 403. The van der Waals surface area contributed by atoms with Crippen molar-refractivity contribution in [2.45, 2.75) is 18.9 Å². The number of fused-ring (bicyclic) bond motifs is 1. The van der Waals surface area contributed by atoms with Gasteiger partial charge in [-0.15, -0.1) is 0 Å². The molecule has 2 N–H and O–H groups in total. The van der Waals surface area contributed by atoms with E-state index in [1.54, 1.807) is 7.11 Å². The SMILES string of the molecule is COc1cccc2c1CCC2NCC(=O)O. The zero-order chi connectivity index (χ0) is 11.5. The highest BCUT2D eigenvalue weighted by molar-refractivity contribution is 5.69. The van der Waals surface area contributed by atoms with Crippen LogP contribution in [0.4, 0.5) is 0 Å². The van der Waals surface area contributed by atoms with E-state index in [0.29, 0.717) is 0 Å². The van der Waals surface area contributed by atoms with E-state index >= 15 is 0 Å². The molecule has 2 rings (SSSR count). The van der Waals surface area contributed by atoms with Crippen LogP contribution in [0, 0.1) is 0 Å². The molecule has 0 aromatic heterocycles. The fourth-order valence-corrected chi connectivity index (χ4v) is 2.23. The molecule has 4 nitrogen and oxygen atoms in total. The number of methoxy groups -OCH3 is 1. The van der Waals surface area contributed by atoms with Crippen LogP contribution in [-0.2, 0) is 11.2 Å². The van der Waals surface area contributed by atoms with Gasteiger partial charge in [0.25, 0.3) is 0 Å². The summed E-state index contributed by atoms with van der Waals surface area (Å²) in [6.07, 6.45) is 1.87. The summed E-state index contributed by atoms with van der Waals surface area (Å²) < 4.78 is 5.29. The second kappa shape index (κ2) is 4.53. The van der Waals surface area contributed by atoms with Crippen LogP contribution in [0.5, 0.6) is 5.75 Å². The molecule has 0 fully saturated rings. The lowest BCUT2D eigenvalue weighted by Crippen LogP contribution is -2.25. The molecule has 0 radical (unpaired) electrons. The lowest BCUT2D eigenvalue weighted by Gasteiger charge is -2.13. The summed E-state index contributed by atoms with van der Waals surface area (Å²) in [5.74, 6) is 0.0773. The molecule has 0 saturated heterocycles. The number of carboxylic acids is 1. The molecule has 0 amide bonds. The second-order valence-corrected chi connectivity index (χ2v) is 3.89. The first-order valence-corrected chi connectivity index (χ1v) is 5.33. The summed E-state index contributed by atoms with van der Waals surface area (Å²) in [7, 11) is 1.66. The van der Waals surface area contributed by atoms with Crippen LogP contribution in [-0.4, -0.2) is 24.7 Å². The number of hydrogen-bond donors (Lipinski definition) is 2. The van der Waals surface area contributed by atoms with Crippen molar-refractivity contribution < 1.29 is 14.6 Å². The number of carbonyl (C=O) groups is 1. The van der Waals surface area contributed by atoms with Crippen LogP contribution >= 0.6 is 0 Å². The third-order valence-electron chi connectivity index (χ3n) is 2.95. The van der Waals surface area contributed by atoms with Gasteiger partial charge in [-0.2, -0.15) is 0 Å². The molecule has 1 aromatic rings. The fraction of sp³-hybridized carbons (Fsp3) is 0.417. The first-order valence-electron chi connectivity index (χ1n) is 5.33. The molecule has 1 aliphatic carbocycles. The molecule has 0 spiro atoms. The van der Waals surface area contributed by atoms with Gasteiger partial charge in [-0.05, 0) is 30.0 Å². The van der Waals surface area contributed by atoms with Crippen molar-refractivity contribution in [3.63, 3.8) is 0 Å². The van der Waals surface area contributed by atoms with E-state index in [0.717, 1.165) is 18.6 Å². The molecule has 0 aliphatic heterocycles. The number of rotatable bonds is 4. The topological polar surface area (TPSA) is 58.6 Å². The Morgan fingerprint density at radius 1 is 1.62 bits per heavy atom. The molecule has 0 saturated carbocycles. The second-order valence-electron chi connectivity index (χ2n) is 3.89. The number of carboxylic acid groups (broad SMARTS) is 1. The third kappa shape index (κ3) is 2.02. The minimum atomic E-state index is -0.823. The maximum Gasteiger partial charge on any atom is 0.317 e. The van der Waals surface area contributed by atoms with Gasteiger partial charge in [0.1, 0.15) is 5.75 Å². The van der Waals surface area contributed by atoms with Crippen molar-refractivity contribution in [3.05, 3.63) is 29.3 Å². The first kappa shape index (κ1) is 11.0. The zero-order valence-electron chi connectivity index (χ0n) is 9.19. The van der Waals surface area contributed by atoms with Crippen LogP contribution in [0.2, 0.25) is 0 Å².